The lowest BCUT2D eigenvalue weighted by atomic mass is 10.3. The van der Waals surface area contributed by atoms with E-state index in [2.05, 4.69) is 4.98 Å². The molecule has 0 amide bonds. The molecule has 0 aliphatic heterocycles. The van der Waals surface area contributed by atoms with Gasteiger partial charge >= 0.3 is 6.18 Å². The summed E-state index contributed by atoms with van der Waals surface area (Å²) < 4.78 is 44.1. The van der Waals surface area contributed by atoms with Crippen LogP contribution in [0.5, 0.6) is 0 Å². The number of ether oxygens (including phenoxy) is 1. The summed E-state index contributed by atoms with van der Waals surface area (Å²) >= 11 is 0. The number of nitrogens with zero attached hydrogens (tertiary/aromatic N) is 2. The monoisotopic (exact) mass is 273 g/mol. The molecular weight excluding hydrogens is 259 g/mol. The number of imidazole rings is 1. The summed E-state index contributed by atoms with van der Waals surface area (Å²) in [6, 6.07) is 6.70. The number of hydrogen-bond acceptors (Lipinski definition) is 3. The van der Waals surface area contributed by atoms with Crippen molar-refractivity contribution in [1.29, 1.82) is 0 Å². The van der Waals surface area contributed by atoms with E-state index in [9.17, 15) is 13.2 Å². The Morgan fingerprint density at radius 3 is 2.68 bits per heavy atom. The largest absolute Gasteiger partial charge is 0.406 e. The first-order chi connectivity index (χ1) is 9.01. The molecule has 0 unspecified atom stereocenters. The Balaban J connectivity index is 2.34. The van der Waals surface area contributed by atoms with Crippen LogP contribution in [0.15, 0.2) is 24.3 Å². The lowest BCUT2D eigenvalue weighted by molar-refractivity contribution is -0.140. The summed E-state index contributed by atoms with van der Waals surface area (Å²) in [6.45, 7) is -0.453. The number of para-hydroxylation sites is 2. The van der Waals surface area contributed by atoms with Crippen molar-refractivity contribution in [2.75, 3.05) is 13.2 Å². The van der Waals surface area contributed by atoms with Gasteiger partial charge in [0.25, 0.3) is 0 Å². The van der Waals surface area contributed by atoms with Gasteiger partial charge < -0.3 is 15.0 Å². The highest BCUT2D eigenvalue weighted by Crippen LogP contribution is 2.23. The normalized spacial score (nSPS) is 12.2. The second-order valence-corrected chi connectivity index (χ2v) is 4.06. The highest BCUT2D eigenvalue weighted by molar-refractivity contribution is 5.75. The highest BCUT2D eigenvalue weighted by atomic mass is 19.4. The van der Waals surface area contributed by atoms with Gasteiger partial charge in [0.2, 0.25) is 0 Å². The topological polar surface area (TPSA) is 53.1 Å². The van der Waals surface area contributed by atoms with Gasteiger partial charge in [-0.25, -0.2) is 4.98 Å². The third-order valence-electron chi connectivity index (χ3n) is 2.56. The number of halogens is 3. The van der Waals surface area contributed by atoms with E-state index >= 15 is 0 Å². The SMILES string of the molecule is NCCOCc1nc2ccccc2n1CC(F)(F)F. The zero-order valence-electron chi connectivity index (χ0n) is 10.2. The first kappa shape index (κ1) is 13.8. The number of rotatable bonds is 5. The van der Waals surface area contributed by atoms with E-state index in [1.807, 2.05) is 0 Å². The van der Waals surface area contributed by atoms with Gasteiger partial charge in [-0.3, -0.25) is 0 Å². The molecule has 0 aliphatic rings. The van der Waals surface area contributed by atoms with Crippen molar-refractivity contribution in [2.45, 2.75) is 19.3 Å². The standard InChI is InChI=1S/C12H14F3N3O/c13-12(14,15)8-18-10-4-2-1-3-9(10)17-11(18)7-19-6-5-16/h1-4H,5-8,16H2. The van der Waals surface area contributed by atoms with Crippen molar-refractivity contribution in [3.63, 3.8) is 0 Å². The molecule has 1 aromatic carbocycles. The summed E-state index contributed by atoms with van der Waals surface area (Å²) in [7, 11) is 0. The Hall–Kier alpha value is -1.60. The highest BCUT2D eigenvalue weighted by Gasteiger charge is 2.30. The van der Waals surface area contributed by atoms with E-state index in [-0.39, 0.29) is 19.0 Å². The molecule has 0 fully saturated rings. The maximum Gasteiger partial charge on any atom is 0.406 e. The Labute approximate surface area is 108 Å². The number of fused-ring (bicyclic) bond motifs is 1. The van der Waals surface area contributed by atoms with Crippen LogP contribution in [0.3, 0.4) is 0 Å². The van der Waals surface area contributed by atoms with E-state index in [1.165, 1.54) is 0 Å². The number of nitrogens with two attached hydrogens (primary N) is 1. The molecule has 1 aromatic heterocycles. The molecule has 0 saturated heterocycles. The van der Waals surface area contributed by atoms with Crippen molar-refractivity contribution < 1.29 is 17.9 Å². The van der Waals surface area contributed by atoms with Crippen LogP contribution < -0.4 is 5.73 Å². The zero-order chi connectivity index (χ0) is 13.9. The molecule has 0 radical (unpaired) electrons. The Bertz CT molecular complexity index is 551. The summed E-state index contributed by atoms with van der Waals surface area (Å²) in [5, 5.41) is 0. The Kier molecular flexibility index (Phi) is 4.06. The maximum absolute atomic E-state index is 12.6. The molecule has 1 heterocycles. The molecule has 0 spiro atoms. The molecule has 4 nitrogen and oxygen atoms in total. The molecule has 19 heavy (non-hydrogen) atoms. The number of benzene rings is 1. The van der Waals surface area contributed by atoms with Crippen molar-refractivity contribution in [3.8, 4) is 0 Å². The van der Waals surface area contributed by atoms with Crippen LogP contribution in [0.4, 0.5) is 13.2 Å². The van der Waals surface area contributed by atoms with Crippen LogP contribution in [0, 0.1) is 0 Å². The van der Waals surface area contributed by atoms with E-state index in [1.54, 1.807) is 24.3 Å². The first-order valence-corrected chi connectivity index (χ1v) is 5.80. The molecule has 0 aliphatic carbocycles. The number of alkyl halides is 3. The second kappa shape index (κ2) is 5.58. The van der Waals surface area contributed by atoms with E-state index in [0.717, 1.165) is 4.57 Å². The third-order valence-corrected chi connectivity index (χ3v) is 2.56. The maximum atomic E-state index is 12.6. The first-order valence-electron chi connectivity index (χ1n) is 5.80. The van der Waals surface area contributed by atoms with Gasteiger partial charge in [-0.2, -0.15) is 13.2 Å². The Morgan fingerprint density at radius 1 is 1.26 bits per heavy atom. The predicted molar refractivity (Wildman–Crippen MR) is 64.5 cm³/mol. The van der Waals surface area contributed by atoms with Crippen LogP contribution in [-0.2, 0) is 17.9 Å². The molecule has 0 atom stereocenters. The van der Waals surface area contributed by atoms with Crippen molar-refractivity contribution in [3.05, 3.63) is 30.1 Å². The van der Waals surface area contributed by atoms with Crippen molar-refractivity contribution >= 4 is 11.0 Å². The van der Waals surface area contributed by atoms with E-state index < -0.39 is 12.7 Å². The van der Waals surface area contributed by atoms with Crippen LogP contribution in [0.25, 0.3) is 11.0 Å². The van der Waals surface area contributed by atoms with Gasteiger partial charge in [-0.05, 0) is 12.1 Å². The fourth-order valence-corrected chi connectivity index (χ4v) is 1.84. The van der Waals surface area contributed by atoms with Gasteiger partial charge in [0.05, 0.1) is 17.6 Å². The van der Waals surface area contributed by atoms with Crippen molar-refractivity contribution in [2.24, 2.45) is 5.73 Å². The molecule has 2 rings (SSSR count). The van der Waals surface area contributed by atoms with Crippen LogP contribution in [0.2, 0.25) is 0 Å². The lowest BCUT2D eigenvalue weighted by Crippen LogP contribution is -2.20. The molecular formula is C12H14F3N3O. The minimum Gasteiger partial charge on any atom is -0.372 e. The minimum atomic E-state index is -4.30. The second-order valence-electron chi connectivity index (χ2n) is 4.06. The summed E-state index contributed by atoms with van der Waals surface area (Å²) in [5.74, 6) is 0.256. The zero-order valence-corrected chi connectivity index (χ0v) is 10.2. The third kappa shape index (κ3) is 3.45. The Morgan fingerprint density at radius 2 is 2.00 bits per heavy atom. The summed E-state index contributed by atoms with van der Waals surface area (Å²) in [4.78, 5) is 4.17. The average Bonchev–Trinajstić information content (AvgIpc) is 2.66. The fourth-order valence-electron chi connectivity index (χ4n) is 1.84. The summed E-state index contributed by atoms with van der Waals surface area (Å²) in [5.41, 5.74) is 6.25. The molecule has 2 aromatic rings. The van der Waals surface area contributed by atoms with Crippen LogP contribution >= 0.6 is 0 Å². The predicted octanol–water partition coefficient (Wildman–Crippen LogP) is 2.07. The van der Waals surface area contributed by atoms with Gasteiger partial charge in [-0.15, -0.1) is 0 Å². The van der Waals surface area contributed by atoms with Gasteiger partial charge in [0.15, 0.2) is 0 Å². The smallest absolute Gasteiger partial charge is 0.372 e. The van der Waals surface area contributed by atoms with Gasteiger partial charge in [0, 0.05) is 6.54 Å². The quantitative estimate of drug-likeness (QED) is 0.848. The van der Waals surface area contributed by atoms with Gasteiger partial charge in [0.1, 0.15) is 19.0 Å². The average molecular weight is 273 g/mol. The summed E-state index contributed by atoms with van der Waals surface area (Å²) in [6.07, 6.45) is -4.30. The number of hydrogen-bond donors (Lipinski definition) is 1. The minimum absolute atomic E-state index is 0.0158. The number of aromatic nitrogens is 2. The van der Waals surface area contributed by atoms with E-state index in [0.29, 0.717) is 17.6 Å². The van der Waals surface area contributed by atoms with Gasteiger partial charge in [-0.1, -0.05) is 12.1 Å². The van der Waals surface area contributed by atoms with E-state index in [4.69, 9.17) is 10.5 Å². The lowest BCUT2D eigenvalue weighted by Gasteiger charge is -2.12. The van der Waals surface area contributed by atoms with Crippen molar-refractivity contribution in [1.82, 2.24) is 9.55 Å². The molecule has 104 valence electrons. The van der Waals surface area contributed by atoms with Crippen LogP contribution in [0.1, 0.15) is 5.82 Å². The molecule has 2 N–H and O–H groups in total. The molecule has 0 bridgehead atoms. The molecule has 7 heteroatoms. The fraction of sp³-hybridized carbons (Fsp3) is 0.417. The van der Waals surface area contributed by atoms with Crippen LogP contribution in [-0.4, -0.2) is 28.9 Å². The molecule has 0 saturated carbocycles.